The molecule has 2 heterocycles. The molecule has 198 valence electrons. The SMILES string of the molecule is C[C@@H]1CCC(Nc2ncc3nc(Nc4c(F)cc(F)cc4Cl)n([C@H]4CC[C@@H](C(N)=O)CC4)c3n2)C[C@H]1O. The lowest BCUT2D eigenvalue weighted by atomic mass is 9.85. The fourth-order valence-electron chi connectivity index (χ4n) is 5.40. The molecule has 0 bridgehead atoms. The molecule has 1 unspecified atom stereocenters. The zero-order valence-electron chi connectivity index (χ0n) is 20.4. The minimum atomic E-state index is -0.848. The van der Waals surface area contributed by atoms with Crippen LogP contribution in [0, 0.1) is 23.5 Å². The van der Waals surface area contributed by atoms with Crippen molar-refractivity contribution in [3.8, 4) is 0 Å². The third-order valence-electron chi connectivity index (χ3n) is 7.63. The molecule has 9 nitrogen and oxygen atoms in total. The Balaban J connectivity index is 1.50. The van der Waals surface area contributed by atoms with Crippen molar-refractivity contribution in [3.05, 3.63) is 35.0 Å². The van der Waals surface area contributed by atoms with Crippen molar-refractivity contribution in [3.63, 3.8) is 0 Å². The van der Waals surface area contributed by atoms with Crippen molar-refractivity contribution >= 4 is 46.3 Å². The average Bonchev–Trinajstić information content (AvgIpc) is 3.21. The van der Waals surface area contributed by atoms with Crippen molar-refractivity contribution < 1.29 is 18.7 Å². The molecule has 2 aromatic heterocycles. The number of amides is 1. The van der Waals surface area contributed by atoms with E-state index in [0.29, 0.717) is 55.2 Å². The molecular weight excluding hydrogens is 504 g/mol. The zero-order valence-corrected chi connectivity index (χ0v) is 21.2. The highest BCUT2D eigenvalue weighted by atomic mass is 35.5. The fourth-order valence-corrected chi connectivity index (χ4v) is 5.64. The Hall–Kier alpha value is -3.05. The normalized spacial score (nSPS) is 26.2. The molecule has 2 fully saturated rings. The monoisotopic (exact) mass is 533 g/mol. The van der Waals surface area contributed by atoms with Crippen LogP contribution < -0.4 is 16.4 Å². The lowest BCUT2D eigenvalue weighted by Gasteiger charge is -2.31. The van der Waals surface area contributed by atoms with E-state index in [4.69, 9.17) is 22.3 Å². The number of nitrogens with one attached hydrogen (secondary N) is 2. The summed E-state index contributed by atoms with van der Waals surface area (Å²) >= 11 is 6.14. The number of hydrogen-bond donors (Lipinski definition) is 4. The number of rotatable bonds is 6. The number of carbonyl (C=O) groups excluding carboxylic acids is 1. The molecule has 2 saturated carbocycles. The number of hydrogen-bond acceptors (Lipinski definition) is 7. The average molecular weight is 534 g/mol. The highest BCUT2D eigenvalue weighted by Gasteiger charge is 2.30. The Morgan fingerprint density at radius 3 is 2.59 bits per heavy atom. The van der Waals surface area contributed by atoms with Crippen molar-refractivity contribution in [2.45, 2.75) is 70.1 Å². The summed E-state index contributed by atoms with van der Waals surface area (Å²) < 4.78 is 30.1. The number of carbonyl (C=O) groups is 1. The maximum atomic E-state index is 14.6. The van der Waals surface area contributed by atoms with Gasteiger partial charge in [0.1, 0.15) is 11.3 Å². The summed E-state index contributed by atoms with van der Waals surface area (Å²) in [5.41, 5.74) is 6.45. The van der Waals surface area contributed by atoms with E-state index in [0.717, 1.165) is 25.0 Å². The van der Waals surface area contributed by atoms with Gasteiger partial charge in [-0.1, -0.05) is 18.5 Å². The zero-order chi connectivity index (χ0) is 26.3. The van der Waals surface area contributed by atoms with E-state index in [-0.39, 0.29) is 46.6 Å². The first-order valence-electron chi connectivity index (χ1n) is 12.6. The molecule has 0 saturated heterocycles. The number of benzene rings is 1. The molecule has 5 rings (SSSR count). The van der Waals surface area contributed by atoms with Crippen LogP contribution in [0.5, 0.6) is 0 Å². The summed E-state index contributed by atoms with van der Waals surface area (Å²) in [6.45, 7) is 2.04. The summed E-state index contributed by atoms with van der Waals surface area (Å²) in [6, 6.07) is 1.72. The molecule has 0 aliphatic heterocycles. The highest BCUT2D eigenvalue weighted by Crippen LogP contribution is 2.38. The van der Waals surface area contributed by atoms with Gasteiger partial charge in [-0.25, -0.2) is 18.7 Å². The standard InChI is InChI=1S/C25H30ClF2N7O2/c1-12-2-5-15(10-20(12)36)31-24-30-11-19-23(34-24)35(16-6-3-13(4-7-16)22(29)37)25(32-19)33-21-17(26)8-14(27)9-18(21)28/h8-9,11-13,15-16,20,36H,2-7,10H2,1H3,(H2,29,37)(H,32,33)(H,30,31,34)/t12-,13-,15?,16+,20-/m1/s1. The number of halogens is 3. The minimum absolute atomic E-state index is 0.0377. The van der Waals surface area contributed by atoms with E-state index in [9.17, 15) is 18.7 Å². The van der Waals surface area contributed by atoms with Crippen LogP contribution in [0.2, 0.25) is 5.02 Å². The van der Waals surface area contributed by atoms with Crippen LogP contribution in [0.1, 0.15) is 57.9 Å². The number of aromatic nitrogens is 4. The van der Waals surface area contributed by atoms with Gasteiger partial charge in [-0.2, -0.15) is 4.98 Å². The number of primary amides is 1. The molecular formula is C25H30ClF2N7O2. The van der Waals surface area contributed by atoms with Crippen LogP contribution in [0.3, 0.4) is 0 Å². The second-order valence-corrected chi connectivity index (χ2v) is 10.6. The smallest absolute Gasteiger partial charge is 0.224 e. The summed E-state index contributed by atoms with van der Waals surface area (Å²) in [5.74, 6) is -1.19. The molecule has 0 spiro atoms. The molecule has 12 heteroatoms. The van der Waals surface area contributed by atoms with E-state index < -0.39 is 11.6 Å². The van der Waals surface area contributed by atoms with Gasteiger partial charge in [-0.3, -0.25) is 9.36 Å². The fraction of sp³-hybridized carbons (Fsp3) is 0.520. The van der Waals surface area contributed by atoms with Gasteiger partial charge < -0.3 is 21.5 Å². The second kappa shape index (κ2) is 10.4. The van der Waals surface area contributed by atoms with Gasteiger partial charge in [0.2, 0.25) is 17.8 Å². The number of aliphatic hydroxyl groups is 1. The molecule has 37 heavy (non-hydrogen) atoms. The molecule has 0 radical (unpaired) electrons. The molecule has 2 aliphatic rings. The number of anilines is 3. The maximum Gasteiger partial charge on any atom is 0.224 e. The van der Waals surface area contributed by atoms with Gasteiger partial charge in [0.05, 0.1) is 23.0 Å². The molecule has 5 N–H and O–H groups in total. The molecule has 1 amide bonds. The second-order valence-electron chi connectivity index (χ2n) is 10.2. The van der Waals surface area contributed by atoms with Crippen molar-refractivity contribution in [1.82, 2.24) is 19.5 Å². The van der Waals surface area contributed by atoms with E-state index in [1.165, 1.54) is 0 Å². The van der Waals surface area contributed by atoms with Gasteiger partial charge in [0.25, 0.3) is 0 Å². The molecule has 1 aromatic carbocycles. The van der Waals surface area contributed by atoms with Gasteiger partial charge >= 0.3 is 0 Å². The van der Waals surface area contributed by atoms with Gasteiger partial charge in [-0.05, 0) is 56.9 Å². The van der Waals surface area contributed by atoms with E-state index in [1.807, 2.05) is 11.5 Å². The molecule has 3 atom stereocenters. The largest absolute Gasteiger partial charge is 0.393 e. The van der Waals surface area contributed by atoms with Gasteiger partial charge in [0.15, 0.2) is 11.5 Å². The van der Waals surface area contributed by atoms with Gasteiger partial charge in [0, 0.05) is 24.1 Å². The van der Waals surface area contributed by atoms with Crippen LogP contribution in [0.25, 0.3) is 11.2 Å². The number of nitrogens with zero attached hydrogens (tertiary/aromatic N) is 4. The molecule has 2 aliphatic carbocycles. The van der Waals surface area contributed by atoms with Crippen molar-refractivity contribution in [2.24, 2.45) is 17.6 Å². The van der Waals surface area contributed by atoms with Crippen LogP contribution in [0.4, 0.5) is 26.4 Å². The number of nitrogens with two attached hydrogens (primary N) is 1. The highest BCUT2D eigenvalue weighted by molar-refractivity contribution is 6.33. The molecule has 3 aromatic rings. The third kappa shape index (κ3) is 5.33. The van der Waals surface area contributed by atoms with Crippen LogP contribution >= 0.6 is 11.6 Å². The van der Waals surface area contributed by atoms with Crippen molar-refractivity contribution in [1.29, 1.82) is 0 Å². The quantitative estimate of drug-likeness (QED) is 0.362. The summed E-state index contributed by atoms with van der Waals surface area (Å²) in [6.07, 6.45) is 6.12. The maximum absolute atomic E-state index is 14.6. The van der Waals surface area contributed by atoms with Crippen molar-refractivity contribution in [2.75, 3.05) is 10.6 Å². The Bertz CT molecular complexity index is 1290. The van der Waals surface area contributed by atoms with Crippen LogP contribution in [-0.4, -0.2) is 42.7 Å². The Labute approximate surface area is 217 Å². The topological polar surface area (TPSA) is 131 Å². The van der Waals surface area contributed by atoms with E-state index in [1.54, 1.807) is 6.20 Å². The first kappa shape index (κ1) is 25.6. The minimum Gasteiger partial charge on any atom is -0.393 e. The van der Waals surface area contributed by atoms with Crippen LogP contribution in [0.15, 0.2) is 18.3 Å². The van der Waals surface area contributed by atoms with E-state index >= 15 is 0 Å². The summed E-state index contributed by atoms with van der Waals surface area (Å²) in [7, 11) is 0. The third-order valence-corrected chi connectivity index (χ3v) is 7.93. The summed E-state index contributed by atoms with van der Waals surface area (Å²) in [5, 5.41) is 16.4. The lowest BCUT2D eigenvalue weighted by molar-refractivity contribution is -0.122. The predicted octanol–water partition coefficient (Wildman–Crippen LogP) is 4.68. The van der Waals surface area contributed by atoms with Gasteiger partial charge in [-0.15, -0.1) is 0 Å². The summed E-state index contributed by atoms with van der Waals surface area (Å²) in [4.78, 5) is 25.5. The Morgan fingerprint density at radius 1 is 1.16 bits per heavy atom. The Morgan fingerprint density at radius 2 is 1.92 bits per heavy atom. The number of fused-ring (bicyclic) bond motifs is 1. The number of aliphatic hydroxyl groups excluding tert-OH is 1. The number of imidazole rings is 1. The predicted molar refractivity (Wildman–Crippen MR) is 137 cm³/mol. The first-order chi connectivity index (χ1) is 17.7. The Kier molecular flexibility index (Phi) is 7.17. The lowest BCUT2D eigenvalue weighted by Crippen LogP contribution is -2.35. The first-order valence-corrected chi connectivity index (χ1v) is 13.0. The van der Waals surface area contributed by atoms with E-state index in [2.05, 4.69) is 20.6 Å². The van der Waals surface area contributed by atoms with Crippen LogP contribution in [-0.2, 0) is 4.79 Å².